The van der Waals surface area contributed by atoms with Gasteiger partial charge < -0.3 is 4.74 Å². The maximum Gasteiger partial charge on any atom is 0.201 e. The summed E-state index contributed by atoms with van der Waals surface area (Å²) in [4.78, 5) is 0. The Labute approximate surface area is 160 Å². The van der Waals surface area contributed by atoms with Crippen LogP contribution < -0.4 is 4.74 Å². The van der Waals surface area contributed by atoms with Gasteiger partial charge >= 0.3 is 0 Å². The van der Waals surface area contributed by atoms with Crippen molar-refractivity contribution in [3.63, 3.8) is 0 Å². The van der Waals surface area contributed by atoms with E-state index in [1.807, 2.05) is 19.1 Å². The molecule has 1 nitrogen and oxygen atoms in total. The van der Waals surface area contributed by atoms with Gasteiger partial charge in [-0.2, -0.15) is 4.39 Å². The molecule has 2 aromatic rings. The molecule has 0 bridgehead atoms. The van der Waals surface area contributed by atoms with E-state index in [2.05, 4.69) is 30.9 Å². The quantitative estimate of drug-likeness (QED) is 0.564. The van der Waals surface area contributed by atoms with Crippen molar-refractivity contribution in [3.8, 4) is 17.6 Å². The van der Waals surface area contributed by atoms with Crippen molar-refractivity contribution in [1.82, 2.24) is 0 Å². The fraction of sp³-hybridized carbons (Fsp3) is 0.417. The summed E-state index contributed by atoms with van der Waals surface area (Å²) in [5.74, 6) is 5.14. The van der Waals surface area contributed by atoms with Gasteiger partial charge in [-0.25, -0.2) is 4.39 Å². The van der Waals surface area contributed by atoms with E-state index in [1.165, 1.54) is 43.4 Å². The van der Waals surface area contributed by atoms with Crippen LogP contribution in [0.5, 0.6) is 5.75 Å². The lowest BCUT2D eigenvalue weighted by molar-refractivity contribution is 0.295. The highest BCUT2D eigenvalue weighted by Crippen LogP contribution is 2.35. The Balaban J connectivity index is 1.71. The Morgan fingerprint density at radius 1 is 0.926 bits per heavy atom. The number of hydrogen-bond donors (Lipinski definition) is 0. The molecule has 0 spiro atoms. The standard InChI is InChI=1S/C24H26F2O/c1-3-16-27-22-15-14-21(23(25)24(22)26)13-8-18-6-11-20(12-7-18)19-9-4-17(2)5-10-19/h6-7,11-12,14-15,17,19H,3-5,9-10,16H2,1-2H3. The number of hydrogen-bond acceptors (Lipinski definition) is 1. The molecule has 2 aromatic carbocycles. The monoisotopic (exact) mass is 368 g/mol. The minimum atomic E-state index is -0.975. The lowest BCUT2D eigenvalue weighted by Gasteiger charge is -2.26. The number of halogens is 2. The number of benzene rings is 2. The molecule has 0 radical (unpaired) electrons. The molecule has 0 amide bonds. The second-order valence-corrected chi connectivity index (χ2v) is 7.42. The Kier molecular flexibility index (Phi) is 6.50. The fourth-order valence-electron chi connectivity index (χ4n) is 3.52. The Morgan fingerprint density at radius 3 is 2.30 bits per heavy atom. The van der Waals surface area contributed by atoms with E-state index in [0.717, 1.165) is 17.9 Å². The molecule has 0 atom stereocenters. The number of rotatable bonds is 4. The molecule has 1 fully saturated rings. The third-order valence-electron chi connectivity index (χ3n) is 5.25. The molecule has 0 aromatic heterocycles. The van der Waals surface area contributed by atoms with Crippen LogP contribution in [0.3, 0.4) is 0 Å². The molecule has 27 heavy (non-hydrogen) atoms. The van der Waals surface area contributed by atoms with Crippen LogP contribution in [0.25, 0.3) is 0 Å². The zero-order valence-corrected chi connectivity index (χ0v) is 16.0. The highest BCUT2D eigenvalue weighted by molar-refractivity contribution is 5.46. The van der Waals surface area contributed by atoms with E-state index in [1.54, 1.807) is 0 Å². The minimum absolute atomic E-state index is 0.0432. The second kappa shape index (κ2) is 9.04. The van der Waals surface area contributed by atoms with Crippen LogP contribution in [0, 0.1) is 29.4 Å². The highest BCUT2D eigenvalue weighted by atomic mass is 19.2. The molecule has 0 N–H and O–H groups in total. The third-order valence-corrected chi connectivity index (χ3v) is 5.25. The molecule has 1 aliphatic carbocycles. The largest absolute Gasteiger partial charge is 0.490 e. The summed E-state index contributed by atoms with van der Waals surface area (Å²) in [6.45, 7) is 4.58. The molecule has 1 aliphatic rings. The third kappa shape index (κ3) is 4.89. The summed E-state index contributed by atoms with van der Waals surface area (Å²) in [5.41, 5.74) is 2.19. The smallest absolute Gasteiger partial charge is 0.201 e. The van der Waals surface area contributed by atoms with E-state index < -0.39 is 11.6 Å². The molecule has 1 saturated carbocycles. The van der Waals surface area contributed by atoms with Gasteiger partial charge in [0.25, 0.3) is 0 Å². The summed E-state index contributed by atoms with van der Waals surface area (Å²) in [5, 5.41) is 0. The molecule has 0 heterocycles. The Bertz CT molecular complexity index is 822. The summed E-state index contributed by atoms with van der Waals surface area (Å²) in [6.07, 6.45) is 5.79. The van der Waals surface area contributed by atoms with Crippen LogP contribution in [0.4, 0.5) is 8.78 Å². The van der Waals surface area contributed by atoms with Crippen molar-refractivity contribution < 1.29 is 13.5 Å². The predicted molar refractivity (Wildman–Crippen MR) is 105 cm³/mol. The topological polar surface area (TPSA) is 9.23 Å². The van der Waals surface area contributed by atoms with E-state index in [-0.39, 0.29) is 11.3 Å². The predicted octanol–water partition coefficient (Wildman–Crippen LogP) is 6.45. The first-order valence-corrected chi connectivity index (χ1v) is 9.81. The van der Waals surface area contributed by atoms with Gasteiger partial charge in [-0.15, -0.1) is 0 Å². The molecule has 3 rings (SSSR count). The van der Waals surface area contributed by atoms with Crippen LogP contribution in [0.2, 0.25) is 0 Å². The van der Waals surface area contributed by atoms with Gasteiger partial charge in [-0.3, -0.25) is 0 Å². The van der Waals surface area contributed by atoms with Crippen molar-refractivity contribution in [1.29, 1.82) is 0 Å². The zero-order chi connectivity index (χ0) is 19.2. The summed E-state index contributed by atoms with van der Waals surface area (Å²) in [6, 6.07) is 11.1. The SMILES string of the molecule is CCCOc1ccc(C#Cc2ccc(C3CCC(C)CC3)cc2)c(F)c1F. The first kappa shape index (κ1) is 19.4. The van der Waals surface area contributed by atoms with Gasteiger partial charge in [-0.1, -0.05) is 50.7 Å². The molecule has 142 valence electrons. The van der Waals surface area contributed by atoms with Crippen LogP contribution >= 0.6 is 0 Å². The van der Waals surface area contributed by atoms with Gasteiger partial charge in [0.15, 0.2) is 11.6 Å². The Morgan fingerprint density at radius 2 is 1.63 bits per heavy atom. The molecular formula is C24H26F2O. The lowest BCUT2D eigenvalue weighted by Crippen LogP contribution is -2.10. The van der Waals surface area contributed by atoms with Crippen molar-refractivity contribution >= 4 is 0 Å². The van der Waals surface area contributed by atoms with Gasteiger partial charge in [0.2, 0.25) is 5.82 Å². The Hall–Kier alpha value is -2.34. The van der Waals surface area contributed by atoms with Crippen molar-refractivity contribution in [2.75, 3.05) is 6.61 Å². The lowest BCUT2D eigenvalue weighted by atomic mass is 9.79. The second-order valence-electron chi connectivity index (χ2n) is 7.42. The first-order chi connectivity index (χ1) is 13.1. The molecule has 0 saturated heterocycles. The molecule has 3 heteroatoms. The summed E-state index contributed by atoms with van der Waals surface area (Å²) >= 11 is 0. The minimum Gasteiger partial charge on any atom is -0.490 e. The maximum absolute atomic E-state index is 14.2. The maximum atomic E-state index is 14.2. The van der Waals surface area contributed by atoms with Crippen molar-refractivity contribution in [3.05, 3.63) is 64.7 Å². The fourth-order valence-corrected chi connectivity index (χ4v) is 3.52. The average Bonchev–Trinajstić information content (AvgIpc) is 2.69. The average molecular weight is 368 g/mol. The van der Waals surface area contributed by atoms with Gasteiger partial charge in [0, 0.05) is 5.56 Å². The van der Waals surface area contributed by atoms with E-state index >= 15 is 0 Å². The van der Waals surface area contributed by atoms with E-state index in [4.69, 9.17) is 4.74 Å². The molecular weight excluding hydrogens is 342 g/mol. The van der Waals surface area contributed by atoms with Crippen LogP contribution in [-0.4, -0.2) is 6.61 Å². The van der Waals surface area contributed by atoms with Crippen LogP contribution in [-0.2, 0) is 0 Å². The summed E-state index contributed by atoms with van der Waals surface area (Å²) in [7, 11) is 0. The first-order valence-electron chi connectivity index (χ1n) is 9.81. The number of ether oxygens (including phenoxy) is 1. The van der Waals surface area contributed by atoms with Crippen LogP contribution in [0.1, 0.15) is 68.6 Å². The van der Waals surface area contributed by atoms with E-state index in [9.17, 15) is 8.78 Å². The molecule has 0 aliphatic heterocycles. The molecule has 0 unspecified atom stereocenters. The highest BCUT2D eigenvalue weighted by Gasteiger charge is 2.19. The van der Waals surface area contributed by atoms with Crippen molar-refractivity contribution in [2.24, 2.45) is 5.92 Å². The summed E-state index contributed by atoms with van der Waals surface area (Å²) < 4.78 is 33.4. The van der Waals surface area contributed by atoms with Crippen LogP contribution in [0.15, 0.2) is 36.4 Å². The van der Waals surface area contributed by atoms with Crippen molar-refractivity contribution in [2.45, 2.75) is 51.9 Å². The normalized spacial score (nSPS) is 19.3. The zero-order valence-electron chi connectivity index (χ0n) is 16.0. The van der Waals surface area contributed by atoms with Gasteiger partial charge in [0.05, 0.1) is 12.2 Å². The van der Waals surface area contributed by atoms with E-state index in [0.29, 0.717) is 12.5 Å². The van der Waals surface area contributed by atoms with Gasteiger partial charge in [0.1, 0.15) is 0 Å². The van der Waals surface area contributed by atoms with Gasteiger partial charge in [-0.05, 0) is 60.9 Å².